The molecule has 6 nitrogen and oxygen atoms in total. The van der Waals surface area contributed by atoms with Gasteiger partial charge in [-0.2, -0.15) is 0 Å². The summed E-state index contributed by atoms with van der Waals surface area (Å²) in [4.78, 5) is 14.2. The molecule has 0 bridgehead atoms. The second-order valence-electron chi connectivity index (χ2n) is 6.93. The molecule has 1 amide bonds. The summed E-state index contributed by atoms with van der Waals surface area (Å²) in [6.45, 7) is 4.73. The van der Waals surface area contributed by atoms with Crippen LogP contribution in [-0.2, 0) is 16.8 Å². The smallest absolute Gasteiger partial charge is 0.227 e. The normalized spacial score (nSPS) is 20.9. The van der Waals surface area contributed by atoms with Gasteiger partial charge in [-0.3, -0.25) is 4.79 Å². The number of rotatable bonds is 4. The van der Waals surface area contributed by atoms with E-state index in [0.717, 1.165) is 0 Å². The van der Waals surface area contributed by atoms with E-state index >= 15 is 0 Å². The van der Waals surface area contributed by atoms with Gasteiger partial charge in [0.1, 0.15) is 17.1 Å². The average Bonchev–Trinajstić information content (AvgIpc) is 3.06. The van der Waals surface area contributed by atoms with Crippen molar-refractivity contribution in [2.45, 2.75) is 44.8 Å². The van der Waals surface area contributed by atoms with Gasteiger partial charge in [0.25, 0.3) is 0 Å². The lowest BCUT2D eigenvalue weighted by molar-refractivity contribution is -0.138. The van der Waals surface area contributed by atoms with Crippen molar-refractivity contribution in [1.29, 1.82) is 0 Å². The summed E-state index contributed by atoms with van der Waals surface area (Å²) < 4.78 is 15.0. The van der Waals surface area contributed by atoms with Gasteiger partial charge in [0.05, 0.1) is 19.2 Å². The van der Waals surface area contributed by atoms with E-state index in [0.29, 0.717) is 30.6 Å². The van der Waals surface area contributed by atoms with Gasteiger partial charge in [-0.15, -0.1) is 5.10 Å². The Balaban J connectivity index is 1.72. The van der Waals surface area contributed by atoms with E-state index in [-0.39, 0.29) is 30.7 Å². The summed E-state index contributed by atoms with van der Waals surface area (Å²) >= 11 is 0. The summed E-state index contributed by atoms with van der Waals surface area (Å²) in [7, 11) is 0. The van der Waals surface area contributed by atoms with Gasteiger partial charge in [-0.25, -0.2) is 9.07 Å². The lowest BCUT2D eigenvalue weighted by atomic mass is 9.89. The molecule has 134 valence electrons. The van der Waals surface area contributed by atoms with Gasteiger partial charge in [0.15, 0.2) is 0 Å². The van der Waals surface area contributed by atoms with Crippen molar-refractivity contribution in [2.24, 2.45) is 0 Å². The first kappa shape index (κ1) is 17.5. The van der Waals surface area contributed by atoms with Crippen molar-refractivity contribution >= 4 is 5.91 Å². The Morgan fingerprint density at radius 2 is 2.24 bits per heavy atom. The molecular weight excluding hydrogens is 323 g/mol. The van der Waals surface area contributed by atoms with Gasteiger partial charge in [-0.05, 0) is 44.4 Å². The molecular formula is C18H23FN4O2. The summed E-state index contributed by atoms with van der Waals surface area (Å²) in [5, 5.41) is 19.1. The van der Waals surface area contributed by atoms with Crippen LogP contribution >= 0.6 is 0 Å². The highest BCUT2D eigenvalue weighted by Crippen LogP contribution is 2.30. The minimum Gasteiger partial charge on any atom is -0.382 e. The SMILES string of the molecule is CC(C)n1cc([C@@]2(O)CCCN(C(=O)Cc3cccc(F)c3)C2)nn1. The highest BCUT2D eigenvalue weighted by atomic mass is 19.1. The fourth-order valence-electron chi connectivity index (χ4n) is 3.13. The maximum atomic E-state index is 13.3. The molecule has 1 aromatic heterocycles. The Labute approximate surface area is 146 Å². The summed E-state index contributed by atoms with van der Waals surface area (Å²) in [6, 6.07) is 6.19. The van der Waals surface area contributed by atoms with Crippen LogP contribution in [0.15, 0.2) is 30.5 Å². The molecule has 0 saturated carbocycles. The maximum Gasteiger partial charge on any atom is 0.227 e. The number of hydrogen-bond acceptors (Lipinski definition) is 4. The molecule has 1 N–H and O–H groups in total. The molecule has 2 aromatic rings. The topological polar surface area (TPSA) is 71.2 Å². The monoisotopic (exact) mass is 346 g/mol. The highest BCUT2D eigenvalue weighted by Gasteiger charge is 2.39. The van der Waals surface area contributed by atoms with Gasteiger partial charge in [0.2, 0.25) is 5.91 Å². The Morgan fingerprint density at radius 1 is 1.44 bits per heavy atom. The van der Waals surface area contributed by atoms with Crippen molar-refractivity contribution in [3.63, 3.8) is 0 Å². The van der Waals surface area contributed by atoms with E-state index < -0.39 is 5.60 Å². The molecule has 1 aromatic carbocycles. The zero-order valence-corrected chi connectivity index (χ0v) is 14.5. The van der Waals surface area contributed by atoms with Crippen LogP contribution in [0.1, 0.15) is 44.0 Å². The van der Waals surface area contributed by atoms with Crippen molar-refractivity contribution < 1.29 is 14.3 Å². The predicted octanol–water partition coefficient (Wildman–Crippen LogP) is 2.05. The number of carbonyl (C=O) groups excluding carboxylic acids is 1. The molecule has 1 fully saturated rings. The van der Waals surface area contributed by atoms with Crippen LogP contribution in [0.25, 0.3) is 0 Å². The molecule has 25 heavy (non-hydrogen) atoms. The molecule has 2 heterocycles. The van der Waals surface area contributed by atoms with Gasteiger partial charge in [0, 0.05) is 12.6 Å². The number of carbonyl (C=O) groups is 1. The Hall–Kier alpha value is -2.28. The zero-order chi connectivity index (χ0) is 18.0. The third kappa shape index (κ3) is 3.87. The van der Waals surface area contributed by atoms with Crippen LogP contribution in [0.3, 0.4) is 0 Å². The molecule has 1 saturated heterocycles. The van der Waals surface area contributed by atoms with Crippen LogP contribution in [0.4, 0.5) is 4.39 Å². The van der Waals surface area contributed by atoms with Crippen molar-refractivity contribution in [2.75, 3.05) is 13.1 Å². The second kappa shape index (κ2) is 6.92. The summed E-state index contributed by atoms with van der Waals surface area (Å²) in [5.41, 5.74) is -0.0717. The maximum absolute atomic E-state index is 13.3. The standard InChI is InChI=1S/C18H23FN4O2/c1-13(2)23-11-16(20-21-23)18(25)7-4-8-22(12-18)17(24)10-14-5-3-6-15(19)9-14/h3,5-6,9,11,13,25H,4,7-8,10,12H2,1-2H3/t18-/m1/s1. The lowest BCUT2D eigenvalue weighted by Crippen LogP contribution is -2.49. The van der Waals surface area contributed by atoms with E-state index in [9.17, 15) is 14.3 Å². The largest absolute Gasteiger partial charge is 0.382 e. The number of aliphatic hydroxyl groups is 1. The number of likely N-dealkylation sites (tertiary alicyclic amines) is 1. The number of nitrogens with zero attached hydrogens (tertiary/aromatic N) is 4. The first-order valence-corrected chi connectivity index (χ1v) is 8.54. The van der Waals surface area contributed by atoms with Crippen LogP contribution < -0.4 is 0 Å². The first-order chi connectivity index (χ1) is 11.9. The number of hydrogen-bond donors (Lipinski definition) is 1. The van der Waals surface area contributed by atoms with Crippen LogP contribution in [0.2, 0.25) is 0 Å². The van der Waals surface area contributed by atoms with Gasteiger partial charge < -0.3 is 10.0 Å². The Kier molecular flexibility index (Phi) is 4.85. The number of piperidine rings is 1. The third-order valence-corrected chi connectivity index (χ3v) is 4.58. The van der Waals surface area contributed by atoms with Crippen molar-refractivity contribution in [3.05, 3.63) is 47.5 Å². The zero-order valence-electron chi connectivity index (χ0n) is 14.5. The van der Waals surface area contributed by atoms with Gasteiger partial charge >= 0.3 is 0 Å². The van der Waals surface area contributed by atoms with E-state index in [1.54, 1.807) is 27.9 Å². The minimum absolute atomic E-state index is 0.118. The Morgan fingerprint density at radius 3 is 2.92 bits per heavy atom. The van der Waals surface area contributed by atoms with Crippen molar-refractivity contribution in [3.8, 4) is 0 Å². The molecule has 7 heteroatoms. The molecule has 3 rings (SSSR count). The fraction of sp³-hybridized carbons (Fsp3) is 0.500. The minimum atomic E-state index is -1.19. The molecule has 1 aliphatic heterocycles. The fourth-order valence-corrected chi connectivity index (χ4v) is 3.13. The van der Waals surface area contributed by atoms with E-state index in [1.165, 1.54) is 12.1 Å². The molecule has 0 aliphatic carbocycles. The van der Waals surface area contributed by atoms with E-state index in [4.69, 9.17) is 0 Å². The first-order valence-electron chi connectivity index (χ1n) is 8.54. The summed E-state index contributed by atoms with van der Waals surface area (Å²) in [6.07, 6.45) is 3.07. The number of amides is 1. The number of aromatic nitrogens is 3. The number of β-amino-alcohol motifs (C(OH)–C–C–N with tert-alkyl or cyclic N) is 1. The average molecular weight is 346 g/mol. The second-order valence-corrected chi connectivity index (χ2v) is 6.93. The quantitative estimate of drug-likeness (QED) is 0.920. The predicted molar refractivity (Wildman–Crippen MR) is 90.2 cm³/mol. The van der Waals surface area contributed by atoms with E-state index in [2.05, 4.69) is 10.3 Å². The summed E-state index contributed by atoms with van der Waals surface area (Å²) in [5.74, 6) is -0.481. The van der Waals surface area contributed by atoms with Crippen molar-refractivity contribution in [1.82, 2.24) is 19.9 Å². The van der Waals surface area contributed by atoms with Gasteiger partial charge in [-0.1, -0.05) is 17.3 Å². The lowest BCUT2D eigenvalue weighted by Gasteiger charge is -2.38. The molecule has 0 radical (unpaired) electrons. The molecule has 0 unspecified atom stereocenters. The molecule has 1 atom stereocenters. The van der Waals surface area contributed by atoms with E-state index in [1.807, 2.05) is 13.8 Å². The van der Waals surface area contributed by atoms with Crippen LogP contribution in [0.5, 0.6) is 0 Å². The number of benzene rings is 1. The number of halogens is 1. The van der Waals surface area contributed by atoms with Crippen LogP contribution in [0, 0.1) is 5.82 Å². The highest BCUT2D eigenvalue weighted by molar-refractivity contribution is 5.79. The van der Waals surface area contributed by atoms with Crippen LogP contribution in [-0.4, -0.2) is 44.0 Å². The molecule has 0 spiro atoms. The molecule has 1 aliphatic rings. The third-order valence-electron chi connectivity index (χ3n) is 4.58. The Bertz CT molecular complexity index is 761.